The average Bonchev–Trinajstić information content (AvgIpc) is 3.30. The summed E-state index contributed by atoms with van der Waals surface area (Å²) < 4.78 is 18.1. The third-order valence-corrected chi connectivity index (χ3v) is 6.25. The maximum Gasteiger partial charge on any atom is 0.226 e. The molecule has 1 aromatic heterocycles. The number of anilines is 1. The van der Waals surface area contributed by atoms with E-state index < -0.39 is 6.04 Å². The lowest BCUT2D eigenvalue weighted by molar-refractivity contribution is -0.116. The number of aromatic nitrogens is 3. The second kappa shape index (κ2) is 8.16. The number of ether oxygens (including phenoxy) is 3. The van der Waals surface area contributed by atoms with Gasteiger partial charge in [-0.15, -0.1) is 0 Å². The van der Waals surface area contributed by atoms with Crippen molar-refractivity contribution in [2.45, 2.75) is 24.8 Å². The number of methoxy groups -OCH3 is 3. The van der Waals surface area contributed by atoms with E-state index in [1.165, 1.54) is 6.33 Å². The number of carbonyl (C=O) groups is 1. The molecule has 0 amide bonds. The number of nitrogens with zero attached hydrogens (tertiary/aromatic N) is 3. The smallest absolute Gasteiger partial charge is 0.226 e. The molecule has 5 rings (SSSR count). The second-order valence-corrected chi connectivity index (χ2v) is 7.99. The normalized spacial score (nSPS) is 19.4. The molecular weight excluding hydrogens is 424 g/mol. The van der Waals surface area contributed by atoms with E-state index in [0.29, 0.717) is 47.2 Å². The minimum atomic E-state index is -0.548. The predicted molar refractivity (Wildman–Crippen MR) is 120 cm³/mol. The number of phenolic OH excluding ortho intramolecular Hbond substituents is 1. The van der Waals surface area contributed by atoms with E-state index in [1.54, 1.807) is 44.2 Å². The molecule has 0 saturated carbocycles. The van der Waals surface area contributed by atoms with Gasteiger partial charge in [-0.05, 0) is 36.1 Å². The zero-order valence-corrected chi connectivity index (χ0v) is 18.5. The standard InChI is InChI=1S/C24H24N4O5/c1-31-19-10-14(11-20(32-2)23(19)33-3)13-8-16-21(18(30)9-13)22(15-6-4-5-7-17(15)29)28-24(27-16)25-12-26-28/h4-7,10-13,22,29H,8-9H2,1-3H3,(H,25,26,27)/t13-,22-/m0/s1. The van der Waals surface area contributed by atoms with Crippen LogP contribution in [0.4, 0.5) is 5.95 Å². The summed E-state index contributed by atoms with van der Waals surface area (Å²) >= 11 is 0. The number of benzene rings is 2. The number of Topliss-reactive ketones (excluding diaryl/α,β-unsaturated/α-hetero) is 1. The molecule has 1 aliphatic carbocycles. The van der Waals surface area contributed by atoms with Crippen LogP contribution in [-0.2, 0) is 4.79 Å². The fourth-order valence-corrected chi connectivity index (χ4v) is 4.73. The molecule has 2 N–H and O–H groups in total. The Hall–Kier alpha value is -4.01. The quantitative estimate of drug-likeness (QED) is 0.611. The number of nitrogens with one attached hydrogen (secondary N) is 1. The van der Waals surface area contributed by atoms with Gasteiger partial charge in [0.25, 0.3) is 0 Å². The summed E-state index contributed by atoms with van der Waals surface area (Å²) in [6.45, 7) is 0. The molecule has 9 heteroatoms. The number of carbonyl (C=O) groups excluding carboxylic acids is 1. The second-order valence-electron chi connectivity index (χ2n) is 7.99. The number of hydrogen-bond donors (Lipinski definition) is 2. The van der Waals surface area contributed by atoms with Gasteiger partial charge in [0.2, 0.25) is 11.7 Å². The molecule has 2 aromatic carbocycles. The largest absolute Gasteiger partial charge is 0.508 e. The Kier molecular flexibility index (Phi) is 5.16. The van der Waals surface area contributed by atoms with Crippen LogP contribution in [0.3, 0.4) is 0 Å². The van der Waals surface area contributed by atoms with E-state index >= 15 is 0 Å². The lowest BCUT2D eigenvalue weighted by Crippen LogP contribution is -2.33. The van der Waals surface area contributed by atoms with E-state index in [4.69, 9.17) is 14.2 Å². The molecule has 170 valence electrons. The molecule has 9 nitrogen and oxygen atoms in total. The summed E-state index contributed by atoms with van der Waals surface area (Å²) in [5, 5.41) is 18.2. The van der Waals surface area contributed by atoms with Crippen molar-refractivity contribution >= 4 is 11.7 Å². The third kappa shape index (κ3) is 3.36. The minimum Gasteiger partial charge on any atom is -0.508 e. The molecule has 0 radical (unpaired) electrons. The van der Waals surface area contributed by atoms with E-state index in [9.17, 15) is 9.90 Å². The summed E-state index contributed by atoms with van der Waals surface area (Å²) in [6, 6.07) is 10.2. The Labute approximate surface area is 190 Å². The third-order valence-electron chi connectivity index (χ3n) is 6.25. The van der Waals surface area contributed by atoms with Crippen LogP contribution in [0.15, 0.2) is 54.0 Å². The molecule has 2 atom stereocenters. The zero-order valence-electron chi connectivity index (χ0n) is 18.5. The van der Waals surface area contributed by atoms with Crippen LogP contribution in [0.1, 0.15) is 35.9 Å². The number of fused-ring (bicyclic) bond motifs is 1. The van der Waals surface area contributed by atoms with Crippen LogP contribution in [-0.4, -0.2) is 47.0 Å². The SMILES string of the molecule is COc1cc([C@@H]2CC(=O)C3=C(C2)Nc2ncnn2[C@H]3c2ccccc2O)cc(OC)c1OC. The molecule has 2 aliphatic rings. The first kappa shape index (κ1) is 20.9. The Morgan fingerprint density at radius 3 is 2.45 bits per heavy atom. The van der Waals surface area contributed by atoms with Gasteiger partial charge in [0.15, 0.2) is 17.3 Å². The fraction of sp³-hybridized carbons (Fsp3) is 0.292. The van der Waals surface area contributed by atoms with Crippen LogP contribution >= 0.6 is 0 Å². The highest BCUT2D eigenvalue weighted by molar-refractivity contribution is 6.00. The Morgan fingerprint density at radius 1 is 1.06 bits per heavy atom. The number of rotatable bonds is 5. The fourth-order valence-electron chi connectivity index (χ4n) is 4.73. The molecule has 0 unspecified atom stereocenters. The highest BCUT2D eigenvalue weighted by Crippen LogP contribution is 2.47. The van der Waals surface area contributed by atoms with Gasteiger partial charge in [0.05, 0.1) is 21.3 Å². The maximum absolute atomic E-state index is 13.5. The average molecular weight is 448 g/mol. The topological polar surface area (TPSA) is 108 Å². The molecule has 2 heterocycles. The summed E-state index contributed by atoms with van der Waals surface area (Å²) in [7, 11) is 4.70. The Bertz CT molecular complexity index is 1240. The Morgan fingerprint density at radius 2 is 1.79 bits per heavy atom. The lowest BCUT2D eigenvalue weighted by atomic mass is 9.77. The molecule has 3 aromatic rings. The number of allylic oxidation sites excluding steroid dienone is 2. The van der Waals surface area contributed by atoms with E-state index in [-0.39, 0.29) is 17.5 Å². The van der Waals surface area contributed by atoms with Crippen LogP contribution in [0, 0.1) is 0 Å². The van der Waals surface area contributed by atoms with Gasteiger partial charge in [0, 0.05) is 23.3 Å². The predicted octanol–water partition coefficient (Wildman–Crippen LogP) is 3.43. The molecule has 33 heavy (non-hydrogen) atoms. The first-order valence-electron chi connectivity index (χ1n) is 10.6. The van der Waals surface area contributed by atoms with Gasteiger partial charge in [0.1, 0.15) is 18.1 Å². The summed E-state index contributed by atoms with van der Waals surface area (Å²) in [6.07, 6.45) is 2.32. The van der Waals surface area contributed by atoms with E-state index in [0.717, 1.165) is 11.3 Å². The summed E-state index contributed by atoms with van der Waals surface area (Å²) in [5.74, 6) is 2.12. The van der Waals surface area contributed by atoms with Crippen LogP contribution < -0.4 is 19.5 Å². The molecule has 0 fully saturated rings. The zero-order chi connectivity index (χ0) is 23.1. The molecule has 0 saturated heterocycles. The number of hydrogen-bond acceptors (Lipinski definition) is 8. The van der Waals surface area contributed by atoms with Crippen molar-refractivity contribution in [2.24, 2.45) is 0 Å². The van der Waals surface area contributed by atoms with Gasteiger partial charge in [-0.3, -0.25) is 4.79 Å². The summed E-state index contributed by atoms with van der Waals surface area (Å²) in [5.41, 5.74) is 2.90. The van der Waals surface area contributed by atoms with Gasteiger partial charge >= 0.3 is 0 Å². The minimum absolute atomic E-state index is 0.0168. The van der Waals surface area contributed by atoms with Crippen molar-refractivity contribution in [2.75, 3.05) is 26.6 Å². The van der Waals surface area contributed by atoms with Crippen molar-refractivity contribution in [3.63, 3.8) is 0 Å². The van der Waals surface area contributed by atoms with Crippen molar-refractivity contribution in [1.82, 2.24) is 14.8 Å². The maximum atomic E-state index is 13.5. The van der Waals surface area contributed by atoms with Crippen molar-refractivity contribution in [3.8, 4) is 23.0 Å². The highest BCUT2D eigenvalue weighted by atomic mass is 16.5. The first-order chi connectivity index (χ1) is 16.0. The number of phenols is 1. The van der Waals surface area contributed by atoms with Crippen molar-refractivity contribution in [3.05, 3.63) is 65.1 Å². The lowest BCUT2D eigenvalue weighted by Gasteiger charge is -2.35. The van der Waals surface area contributed by atoms with Gasteiger partial charge in [-0.2, -0.15) is 10.1 Å². The van der Waals surface area contributed by atoms with Crippen molar-refractivity contribution < 1.29 is 24.1 Å². The van der Waals surface area contributed by atoms with Gasteiger partial charge < -0.3 is 24.6 Å². The van der Waals surface area contributed by atoms with Crippen LogP contribution in [0.25, 0.3) is 0 Å². The highest BCUT2D eigenvalue weighted by Gasteiger charge is 2.40. The van der Waals surface area contributed by atoms with E-state index in [1.807, 2.05) is 18.2 Å². The van der Waals surface area contributed by atoms with Crippen LogP contribution in [0.2, 0.25) is 0 Å². The summed E-state index contributed by atoms with van der Waals surface area (Å²) in [4.78, 5) is 17.9. The van der Waals surface area contributed by atoms with Gasteiger partial charge in [-0.1, -0.05) is 18.2 Å². The van der Waals surface area contributed by atoms with Crippen molar-refractivity contribution in [1.29, 1.82) is 0 Å². The number of ketones is 1. The number of para-hydroxylation sites is 1. The molecule has 0 spiro atoms. The van der Waals surface area contributed by atoms with Gasteiger partial charge in [-0.25, -0.2) is 4.68 Å². The monoisotopic (exact) mass is 448 g/mol. The number of aromatic hydroxyl groups is 1. The van der Waals surface area contributed by atoms with E-state index in [2.05, 4.69) is 15.4 Å². The Balaban J connectivity index is 1.59. The molecule has 0 bridgehead atoms. The first-order valence-corrected chi connectivity index (χ1v) is 10.6. The molecule has 1 aliphatic heterocycles. The molecular formula is C24H24N4O5. The van der Waals surface area contributed by atoms with Crippen LogP contribution in [0.5, 0.6) is 23.0 Å².